The third kappa shape index (κ3) is 2.38. The molecule has 1 aromatic carbocycles. The molecular weight excluding hydrogens is 210 g/mol. The standard InChI is InChI=1S/C15H21NO/c17-15-9-13-7-4-8-14(10-15)16(13)11-12-5-2-1-3-6-12/h1-3,5-6,13-15,17H,4,7-11H2/t13-,14-/m0/s1. The summed E-state index contributed by atoms with van der Waals surface area (Å²) in [6, 6.07) is 11.9. The lowest BCUT2D eigenvalue weighted by Gasteiger charge is -2.47. The number of aliphatic hydroxyl groups is 1. The van der Waals surface area contributed by atoms with Crippen molar-refractivity contribution >= 4 is 0 Å². The molecule has 0 aromatic heterocycles. The average Bonchev–Trinajstić information content (AvgIpc) is 2.32. The second-order valence-electron chi connectivity index (χ2n) is 5.52. The molecule has 2 bridgehead atoms. The minimum Gasteiger partial charge on any atom is -0.393 e. The molecule has 0 spiro atoms. The summed E-state index contributed by atoms with van der Waals surface area (Å²) in [6.07, 6.45) is 5.76. The molecule has 0 unspecified atom stereocenters. The third-order valence-electron chi connectivity index (χ3n) is 4.31. The number of nitrogens with zero attached hydrogens (tertiary/aromatic N) is 1. The van der Waals surface area contributed by atoms with Crippen molar-refractivity contribution in [2.45, 2.75) is 56.8 Å². The summed E-state index contributed by atoms with van der Waals surface area (Å²) in [5, 5.41) is 9.87. The number of benzene rings is 1. The Labute approximate surface area is 103 Å². The van der Waals surface area contributed by atoms with Crippen LogP contribution in [-0.2, 0) is 6.54 Å². The second kappa shape index (κ2) is 4.79. The fourth-order valence-electron chi connectivity index (χ4n) is 3.50. The lowest BCUT2D eigenvalue weighted by molar-refractivity contribution is -0.0312. The average molecular weight is 231 g/mol. The summed E-state index contributed by atoms with van der Waals surface area (Å²) in [5.41, 5.74) is 1.40. The molecule has 2 atom stereocenters. The van der Waals surface area contributed by atoms with Gasteiger partial charge in [-0.25, -0.2) is 0 Å². The molecule has 2 fully saturated rings. The van der Waals surface area contributed by atoms with E-state index in [-0.39, 0.29) is 6.10 Å². The Hall–Kier alpha value is -0.860. The molecule has 2 nitrogen and oxygen atoms in total. The number of fused-ring (bicyclic) bond motifs is 2. The van der Waals surface area contributed by atoms with Gasteiger partial charge in [0.05, 0.1) is 6.10 Å². The Morgan fingerprint density at radius 1 is 1.06 bits per heavy atom. The van der Waals surface area contributed by atoms with E-state index >= 15 is 0 Å². The van der Waals surface area contributed by atoms with Crippen molar-refractivity contribution in [1.29, 1.82) is 0 Å². The van der Waals surface area contributed by atoms with Crippen molar-refractivity contribution in [3.05, 3.63) is 35.9 Å². The smallest absolute Gasteiger partial charge is 0.0570 e. The highest BCUT2D eigenvalue weighted by Gasteiger charge is 2.37. The number of hydrogen-bond donors (Lipinski definition) is 1. The van der Waals surface area contributed by atoms with E-state index in [0.29, 0.717) is 12.1 Å². The van der Waals surface area contributed by atoms with E-state index in [4.69, 9.17) is 0 Å². The van der Waals surface area contributed by atoms with Crippen LogP contribution in [0.5, 0.6) is 0 Å². The molecule has 0 radical (unpaired) electrons. The molecule has 92 valence electrons. The Kier molecular flexibility index (Phi) is 3.17. The van der Waals surface area contributed by atoms with Crippen molar-refractivity contribution < 1.29 is 5.11 Å². The summed E-state index contributed by atoms with van der Waals surface area (Å²) in [6.45, 7) is 1.06. The van der Waals surface area contributed by atoms with Gasteiger partial charge in [-0.2, -0.15) is 0 Å². The van der Waals surface area contributed by atoms with E-state index in [0.717, 1.165) is 19.4 Å². The molecule has 17 heavy (non-hydrogen) atoms. The predicted octanol–water partition coefficient (Wildman–Crippen LogP) is 2.56. The summed E-state index contributed by atoms with van der Waals surface area (Å²) in [5.74, 6) is 0. The fourth-order valence-corrected chi connectivity index (χ4v) is 3.50. The zero-order valence-electron chi connectivity index (χ0n) is 10.3. The lowest BCUT2D eigenvalue weighted by Crippen LogP contribution is -2.52. The van der Waals surface area contributed by atoms with Crippen molar-refractivity contribution in [3.8, 4) is 0 Å². The van der Waals surface area contributed by atoms with Gasteiger partial charge in [-0.1, -0.05) is 36.8 Å². The minimum absolute atomic E-state index is 0.0580. The molecule has 1 aromatic rings. The number of piperidine rings is 2. The van der Waals surface area contributed by atoms with Crippen LogP contribution in [0.15, 0.2) is 30.3 Å². The van der Waals surface area contributed by atoms with E-state index in [1.54, 1.807) is 0 Å². The summed E-state index contributed by atoms with van der Waals surface area (Å²) >= 11 is 0. The third-order valence-corrected chi connectivity index (χ3v) is 4.31. The van der Waals surface area contributed by atoms with E-state index in [1.807, 2.05) is 0 Å². The first-order valence-corrected chi connectivity index (χ1v) is 6.80. The minimum atomic E-state index is -0.0580. The number of hydrogen-bond acceptors (Lipinski definition) is 2. The molecular formula is C15H21NO. The van der Waals surface area contributed by atoms with Gasteiger partial charge in [0.15, 0.2) is 0 Å². The van der Waals surface area contributed by atoms with Crippen LogP contribution >= 0.6 is 0 Å². The van der Waals surface area contributed by atoms with Crippen molar-refractivity contribution in [2.75, 3.05) is 0 Å². The number of aliphatic hydroxyl groups excluding tert-OH is 1. The van der Waals surface area contributed by atoms with Gasteiger partial charge in [0.1, 0.15) is 0 Å². The Bertz CT molecular complexity index is 350. The molecule has 0 amide bonds. The first kappa shape index (κ1) is 11.2. The molecule has 2 saturated heterocycles. The van der Waals surface area contributed by atoms with Gasteiger partial charge in [0, 0.05) is 18.6 Å². The Balaban J connectivity index is 1.74. The normalized spacial score (nSPS) is 33.6. The topological polar surface area (TPSA) is 23.5 Å². The highest BCUT2D eigenvalue weighted by molar-refractivity contribution is 5.15. The van der Waals surface area contributed by atoms with Gasteiger partial charge in [0.25, 0.3) is 0 Å². The molecule has 1 N–H and O–H groups in total. The maximum absolute atomic E-state index is 9.87. The van der Waals surface area contributed by atoms with E-state index in [9.17, 15) is 5.11 Å². The highest BCUT2D eigenvalue weighted by Crippen LogP contribution is 2.35. The molecule has 0 aliphatic carbocycles. The summed E-state index contributed by atoms with van der Waals surface area (Å²) in [7, 11) is 0. The van der Waals surface area contributed by atoms with E-state index < -0.39 is 0 Å². The molecule has 3 rings (SSSR count). The molecule has 2 heteroatoms. The Morgan fingerprint density at radius 3 is 2.35 bits per heavy atom. The van der Waals surface area contributed by atoms with Gasteiger partial charge < -0.3 is 5.11 Å². The molecule has 0 saturated carbocycles. The molecule has 2 aliphatic heterocycles. The largest absolute Gasteiger partial charge is 0.393 e. The highest BCUT2D eigenvalue weighted by atomic mass is 16.3. The Morgan fingerprint density at radius 2 is 1.71 bits per heavy atom. The van der Waals surface area contributed by atoms with Crippen LogP contribution in [0.2, 0.25) is 0 Å². The van der Waals surface area contributed by atoms with Gasteiger partial charge in [-0.3, -0.25) is 4.90 Å². The van der Waals surface area contributed by atoms with Gasteiger partial charge in [0.2, 0.25) is 0 Å². The van der Waals surface area contributed by atoms with Crippen LogP contribution in [0.3, 0.4) is 0 Å². The quantitative estimate of drug-likeness (QED) is 0.845. The first-order chi connectivity index (χ1) is 8.33. The van der Waals surface area contributed by atoms with Crippen LogP contribution < -0.4 is 0 Å². The maximum atomic E-state index is 9.87. The van der Waals surface area contributed by atoms with Crippen LogP contribution in [0.1, 0.15) is 37.7 Å². The molecule has 2 aliphatic rings. The zero-order chi connectivity index (χ0) is 11.7. The summed E-state index contributed by atoms with van der Waals surface area (Å²) in [4.78, 5) is 2.63. The maximum Gasteiger partial charge on any atom is 0.0570 e. The van der Waals surface area contributed by atoms with Crippen LogP contribution in [0.4, 0.5) is 0 Å². The monoisotopic (exact) mass is 231 g/mol. The van der Waals surface area contributed by atoms with Gasteiger partial charge >= 0.3 is 0 Å². The SMILES string of the molecule is OC1C[C@@H]2CCC[C@@H](C1)N2Cc1ccccc1. The summed E-state index contributed by atoms with van der Waals surface area (Å²) < 4.78 is 0. The predicted molar refractivity (Wildman–Crippen MR) is 68.7 cm³/mol. The lowest BCUT2D eigenvalue weighted by atomic mass is 9.82. The van der Waals surface area contributed by atoms with Crippen LogP contribution in [-0.4, -0.2) is 28.2 Å². The van der Waals surface area contributed by atoms with E-state index in [2.05, 4.69) is 35.2 Å². The van der Waals surface area contributed by atoms with Crippen LogP contribution in [0.25, 0.3) is 0 Å². The van der Waals surface area contributed by atoms with E-state index in [1.165, 1.54) is 24.8 Å². The van der Waals surface area contributed by atoms with Gasteiger partial charge in [-0.15, -0.1) is 0 Å². The second-order valence-corrected chi connectivity index (χ2v) is 5.52. The van der Waals surface area contributed by atoms with Crippen LogP contribution in [0, 0.1) is 0 Å². The fraction of sp³-hybridized carbons (Fsp3) is 0.600. The number of rotatable bonds is 2. The van der Waals surface area contributed by atoms with Crippen molar-refractivity contribution in [3.63, 3.8) is 0 Å². The van der Waals surface area contributed by atoms with Crippen molar-refractivity contribution in [2.24, 2.45) is 0 Å². The van der Waals surface area contributed by atoms with Gasteiger partial charge in [-0.05, 0) is 31.2 Å². The molecule has 2 heterocycles. The first-order valence-electron chi connectivity index (χ1n) is 6.80. The zero-order valence-corrected chi connectivity index (χ0v) is 10.3. The van der Waals surface area contributed by atoms with Crippen molar-refractivity contribution in [1.82, 2.24) is 4.90 Å².